The summed E-state index contributed by atoms with van der Waals surface area (Å²) in [6, 6.07) is 12.1. The molecule has 0 bridgehead atoms. The summed E-state index contributed by atoms with van der Waals surface area (Å²) < 4.78 is 44.7. The lowest BCUT2D eigenvalue weighted by Gasteiger charge is -2.34. The molecule has 1 aliphatic rings. The van der Waals surface area contributed by atoms with E-state index in [0.717, 1.165) is 16.6 Å². The van der Waals surface area contributed by atoms with Gasteiger partial charge in [0.15, 0.2) is 0 Å². The van der Waals surface area contributed by atoms with Gasteiger partial charge in [-0.05, 0) is 40.2 Å². The number of hydrogen-bond donors (Lipinski definition) is 0. The summed E-state index contributed by atoms with van der Waals surface area (Å²) in [6.45, 7) is 2.71. The van der Waals surface area contributed by atoms with Gasteiger partial charge in [0.2, 0.25) is 11.7 Å². The first-order valence-corrected chi connectivity index (χ1v) is 10.4. The molecule has 1 aromatic heterocycles. The Morgan fingerprint density at radius 2 is 1.81 bits per heavy atom. The Bertz CT molecular complexity index is 1080. The molecule has 0 saturated carbocycles. The lowest BCUT2D eigenvalue weighted by molar-refractivity contribution is -0.137. The van der Waals surface area contributed by atoms with E-state index in [2.05, 4.69) is 31.0 Å². The molecule has 1 aliphatic heterocycles. The number of hydrogen-bond acceptors (Lipinski definition) is 5. The summed E-state index contributed by atoms with van der Waals surface area (Å²) in [7, 11) is 0. The monoisotopic (exact) mass is 494 g/mol. The van der Waals surface area contributed by atoms with Crippen molar-refractivity contribution in [2.75, 3.05) is 26.2 Å². The highest BCUT2D eigenvalue weighted by Gasteiger charge is 2.31. The second-order valence-electron chi connectivity index (χ2n) is 7.14. The maximum Gasteiger partial charge on any atom is 0.416 e. The third kappa shape index (κ3) is 4.96. The van der Waals surface area contributed by atoms with Crippen LogP contribution in [-0.2, 0) is 12.7 Å². The van der Waals surface area contributed by atoms with Gasteiger partial charge in [0.05, 0.1) is 17.7 Å². The zero-order chi connectivity index (χ0) is 22.0. The first-order valence-electron chi connectivity index (χ1n) is 9.57. The number of halogens is 4. The van der Waals surface area contributed by atoms with E-state index in [0.29, 0.717) is 44.2 Å². The minimum atomic E-state index is -4.44. The van der Waals surface area contributed by atoms with Crippen molar-refractivity contribution >= 4 is 21.8 Å². The number of amides is 1. The minimum Gasteiger partial charge on any atom is -0.338 e. The fraction of sp³-hybridized carbons (Fsp3) is 0.286. The van der Waals surface area contributed by atoms with Crippen LogP contribution in [0.25, 0.3) is 11.4 Å². The van der Waals surface area contributed by atoms with Gasteiger partial charge in [-0.15, -0.1) is 0 Å². The standard InChI is InChI=1S/C21H18BrF3N4O2/c22-17-7-2-1-6-16(17)20(30)29-10-8-28(9-11-29)13-18-26-19(27-31-18)14-4-3-5-15(12-14)21(23,24)25/h1-7,12H,8-11,13H2. The zero-order valence-corrected chi connectivity index (χ0v) is 17.9. The van der Waals surface area contributed by atoms with Crippen LogP contribution in [0.5, 0.6) is 0 Å². The predicted molar refractivity (Wildman–Crippen MR) is 110 cm³/mol. The summed E-state index contributed by atoms with van der Waals surface area (Å²) >= 11 is 3.41. The van der Waals surface area contributed by atoms with E-state index in [1.165, 1.54) is 12.1 Å². The first-order chi connectivity index (χ1) is 14.8. The predicted octanol–water partition coefficient (Wildman–Crippen LogP) is 4.48. The molecule has 10 heteroatoms. The van der Waals surface area contributed by atoms with Crippen LogP contribution in [0.15, 0.2) is 57.5 Å². The number of alkyl halides is 3. The number of aromatic nitrogens is 2. The molecule has 31 heavy (non-hydrogen) atoms. The lowest BCUT2D eigenvalue weighted by Crippen LogP contribution is -2.48. The number of nitrogens with zero attached hydrogens (tertiary/aromatic N) is 4. The highest BCUT2D eigenvalue weighted by atomic mass is 79.9. The molecule has 0 aliphatic carbocycles. The maximum absolute atomic E-state index is 12.9. The van der Waals surface area contributed by atoms with Crippen LogP contribution >= 0.6 is 15.9 Å². The topological polar surface area (TPSA) is 62.5 Å². The minimum absolute atomic E-state index is 0.0308. The molecule has 3 aromatic rings. The van der Waals surface area contributed by atoms with E-state index in [1.54, 1.807) is 11.0 Å². The molecule has 6 nitrogen and oxygen atoms in total. The molecule has 4 rings (SSSR count). The van der Waals surface area contributed by atoms with Gasteiger partial charge < -0.3 is 9.42 Å². The smallest absolute Gasteiger partial charge is 0.338 e. The van der Waals surface area contributed by atoms with Gasteiger partial charge >= 0.3 is 6.18 Å². The molecular formula is C21H18BrF3N4O2. The van der Waals surface area contributed by atoms with Crippen molar-refractivity contribution < 1.29 is 22.5 Å². The van der Waals surface area contributed by atoms with Crippen molar-refractivity contribution in [3.63, 3.8) is 0 Å². The Labute approximate surface area is 184 Å². The SMILES string of the molecule is O=C(c1ccccc1Br)N1CCN(Cc2nc(-c3cccc(C(F)(F)F)c3)no2)CC1. The van der Waals surface area contributed by atoms with Crippen molar-refractivity contribution in [1.29, 1.82) is 0 Å². The van der Waals surface area contributed by atoms with Crippen molar-refractivity contribution in [2.45, 2.75) is 12.7 Å². The average Bonchev–Trinajstić information content (AvgIpc) is 3.22. The molecule has 1 saturated heterocycles. The van der Waals surface area contributed by atoms with Crippen molar-refractivity contribution in [3.8, 4) is 11.4 Å². The highest BCUT2D eigenvalue weighted by Crippen LogP contribution is 2.31. The Kier molecular flexibility index (Phi) is 6.10. The molecule has 2 aromatic carbocycles. The van der Waals surface area contributed by atoms with Crippen molar-refractivity contribution in [1.82, 2.24) is 19.9 Å². The molecule has 0 atom stereocenters. The fourth-order valence-corrected chi connectivity index (χ4v) is 3.83. The highest BCUT2D eigenvalue weighted by molar-refractivity contribution is 9.10. The van der Waals surface area contributed by atoms with E-state index in [-0.39, 0.29) is 17.3 Å². The molecule has 0 N–H and O–H groups in total. The van der Waals surface area contributed by atoms with E-state index < -0.39 is 11.7 Å². The molecule has 162 valence electrons. The zero-order valence-electron chi connectivity index (χ0n) is 16.3. The second-order valence-corrected chi connectivity index (χ2v) is 7.99. The first kappa shape index (κ1) is 21.5. The van der Waals surface area contributed by atoms with E-state index in [4.69, 9.17) is 4.52 Å². The fourth-order valence-electron chi connectivity index (χ4n) is 3.38. The summed E-state index contributed by atoms with van der Waals surface area (Å²) in [5.74, 6) is 0.401. The van der Waals surface area contributed by atoms with Crippen LogP contribution in [0, 0.1) is 0 Å². The molecule has 0 radical (unpaired) electrons. The summed E-state index contributed by atoms with van der Waals surface area (Å²) in [6.07, 6.45) is -4.44. The van der Waals surface area contributed by atoms with Crippen LogP contribution in [-0.4, -0.2) is 52.0 Å². The number of piperazine rings is 1. The lowest BCUT2D eigenvalue weighted by atomic mass is 10.1. The summed E-state index contributed by atoms with van der Waals surface area (Å²) in [5, 5.41) is 3.82. The van der Waals surface area contributed by atoms with Gasteiger partial charge in [-0.25, -0.2) is 0 Å². The van der Waals surface area contributed by atoms with E-state index in [9.17, 15) is 18.0 Å². The normalized spacial score (nSPS) is 15.3. The molecule has 1 amide bonds. The van der Waals surface area contributed by atoms with Crippen LogP contribution in [0.1, 0.15) is 21.8 Å². The average molecular weight is 495 g/mol. The number of rotatable bonds is 4. The largest absolute Gasteiger partial charge is 0.416 e. The van der Waals surface area contributed by atoms with Crippen LogP contribution in [0.2, 0.25) is 0 Å². The molecule has 0 spiro atoms. The van der Waals surface area contributed by atoms with Gasteiger partial charge in [0.1, 0.15) is 0 Å². The Morgan fingerprint density at radius 3 is 2.52 bits per heavy atom. The number of carbonyl (C=O) groups excluding carboxylic acids is 1. The third-order valence-corrected chi connectivity index (χ3v) is 5.73. The summed E-state index contributed by atoms with van der Waals surface area (Å²) in [5.41, 5.74) is 0.106. The van der Waals surface area contributed by atoms with Gasteiger partial charge in [-0.2, -0.15) is 18.2 Å². The van der Waals surface area contributed by atoms with Gasteiger partial charge in [-0.3, -0.25) is 9.69 Å². The van der Waals surface area contributed by atoms with Crippen molar-refractivity contribution in [3.05, 3.63) is 70.0 Å². The molecule has 1 fully saturated rings. The third-order valence-electron chi connectivity index (χ3n) is 5.04. The van der Waals surface area contributed by atoms with Gasteiger partial charge in [0, 0.05) is 36.2 Å². The van der Waals surface area contributed by atoms with Crippen molar-refractivity contribution in [2.24, 2.45) is 0 Å². The van der Waals surface area contributed by atoms with Crippen LogP contribution in [0.4, 0.5) is 13.2 Å². The molecular weight excluding hydrogens is 477 g/mol. The van der Waals surface area contributed by atoms with Crippen LogP contribution < -0.4 is 0 Å². The molecule has 2 heterocycles. The Balaban J connectivity index is 1.36. The molecule has 0 unspecified atom stereocenters. The van der Waals surface area contributed by atoms with Gasteiger partial charge in [-0.1, -0.05) is 29.4 Å². The number of benzene rings is 2. The van der Waals surface area contributed by atoms with Gasteiger partial charge in [0.25, 0.3) is 5.91 Å². The quantitative estimate of drug-likeness (QED) is 0.535. The van der Waals surface area contributed by atoms with E-state index in [1.807, 2.05) is 18.2 Å². The van der Waals surface area contributed by atoms with E-state index >= 15 is 0 Å². The number of carbonyl (C=O) groups is 1. The summed E-state index contributed by atoms with van der Waals surface area (Å²) in [4.78, 5) is 20.8. The second kappa shape index (κ2) is 8.80. The maximum atomic E-state index is 12.9. The Hall–Kier alpha value is -2.72. The van der Waals surface area contributed by atoms with Crippen LogP contribution in [0.3, 0.4) is 0 Å². The Morgan fingerprint density at radius 1 is 1.06 bits per heavy atom.